The maximum Gasteiger partial charge on any atom is 0.435 e. The van der Waals surface area contributed by atoms with Crippen LogP contribution in [-0.2, 0) is 11.0 Å². The van der Waals surface area contributed by atoms with E-state index in [1.807, 2.05) is 0 Å². The maximum absolute atomic E-state index is 12.9. The molecule has 0 aliphatic heterocycles. The van der Waals surface area contributed by atoms with Gasteiger partial charge in [-0.3, -0.25) is 4.79 Å². The summed E-state index contributed by atoms with van der Waals surface area (Å²) in [5.41, 5.74) is 4.75. The monoisotopic (exact) mass is 365 g/mol. The van der Waals surface area contributed by atoms with Gasteiger partial charge >= 0.3 is 6.18 Å². The van der Waals surface area contributed by atoms with Crippen LogP contribution in [0.5, 0.6) is 0 Å². The first kappa shape index (κ1) is 17.6. The predicted molar refractivity (Wildman–Crippen MR) is 84.2 cm³/mol. The first-order valence-electron chi connectivity index (χ1n) is 7.53. The zero-order valence-electron chi connectivity index (χ0n) is 13.8. The highest BCUT2D eigenvalue weighted by Crippen LogP contribution is 2.30. The number of furan rings is 1. The zero-order valence-corrected chi connectivity index (χ0v) is 13.8. The average molecular weight is 365 g/mol. The van der Waals surface area contributed by atoms with Crippen LogP contribution < -0.4 is 5.73 Å². The summed E-state index contributed by atoms with van der Waals surface area (Å²) >= 11 is 0. The molecule has 26 heavy (non-hydrogen) atoms. The number of nitrogens with zero attached hydrogens (tertiary/aromatic N) is 4. The Morgan fingerprint density at radius 1 is 1.31 bits per heavy atom. The van der Waals surface area contributed by atoms with Crippen LogP contribution in [-0.4, -0.2) is 25.7 Å². The molecule has 10 heteroatoms. The Hall–Kier alpha value is -3.17. The zero-order chi connectivity index (χ0) is 19.1. The van der Waals surface area contributed by atoms with E-state index >= 15 is 0 Å². The Balaban J connectivity index is 2.18. The number of carbonyl (C=O) groups excluding carboxylic acids is 1. The van der Waals surface area contributed by atoms with Crippen molar-refractivity contribution in [2.75, 3.05) is 0 Å². The Morgan fingerprint density at radius 2 is 2.04 bits per heavy atom. The summed E-state index contributed by atoms with van der Waals surface area (Å²) in [6.45, 7) is 3.01. The smallest absolute Gasteiger partial charge is 0.435 e. The SMILES string of the molecule is Cc1cc(C(F)(F)F)nn1-c1cc(C(C)C(N)=O)nc(-c2ccco2)n1. The number of rotatable bonds is 4. The number of aromatic nitrogens is 4. The summed E-state index contributed by atoms with van der Waals surface area (Å²) in [4.78, 5) is 20.0. The fourth-order valence-corrected chi connectivity index (χ4v) is 2.29. The summed E-state index contributed by atoms with van der Waals surface area (Å²) < 4.78 is 45.1. The first-order valence-corrected chi connectivity index (χ1v) is 7.53. The molecule has 3 rings (SSSR count). The maximum atomic E-state index is 12.9. The predicted octanol–water partition coefficient (Wildman–Crippen LogP) is 2.84. The molecule has 136 valence electrons. The van der Waals surface area contributed by atoms with E-state index in [0.29, 0.717) is 5.76 Å². The van der Waals surface area contributed by atoms with Gasteiger partial charge in [-0.2, -0.15) is 18.3 Å². The minimum atomic E-state index is -4.59. The van der Waals surface area contributed by atoms with E-state index in [4.69, 9.17) is 10.2 Å². The second-order valence-electron chi connectivity index (χ2n) is 5.66. The fraction of sp³-hybridized carbons (Fsp3) is 0.250. The third kappa shape index (κ3) is 3.30. The van der Waals surface area contributed by atoms with Gasteiger partial charge in [0.1, 0.15) is 0 Å². The van der Waals surface area contributed by atoms with Gasteiger partial charge in [0.2, 0.25) is 5.91 Å². The highest BCUT2D eigenvalue weighted by atomic mass is 19.4. The highest BCUT2D eigenvalue weighted by molar-refractivity contribution is 5.81. The van der Waals surface area contributed by atoms with Gasteiger partial charge in [0.05, 0.1) is 17.9 Å². The van der Waals surface area contributed by atoms with Crippen LogP contribution in [0, 0.1) is 6.92 Å². The van der Waals surface area contributed by atoms with Crippen molar-refractivity contribution in [3.8, 4) is 17.4 Å². The molecule has 0 aromatic carbocycles. The second-order valence-corrected chi connectivity index (χ2v) is 5.66. The van der Waals surface area contributed by atoms with Gasteiger partial charge in [-0.05, 0) is 32.0 Å². The fourth-order valence-electron chi connectivity index (χ4n) is 2.29. The normalized spacial score (nSPS) is 13.0. The Kier molecular flexibility index (Phi) is 4.26. The molecule has 1 amide bonds. The number of hydrogen-bond donors (Lipinski definition) is 1. The molecular formula is C16H14F3N5O2. The van der Waals surface area contributed by atoms with E-state index in [9.17, 15) is 18.0 Å². The molecule has 2 N–H and O–H groups in total. The van der Waals surface area contributed by atoms with Crippen LogP contribution in [0.1, 0.15) is 29.9 Å². The van der Waals surface area contributed by atoms with Gasteiger partial charge in [0.25, 0.3) is 0 Å². The minimum absolute atomic E-state index is 0.0718. The second kappa shape index (κ2) is 6.28. The number of hydrogen-bond acceptors (Lipinski definition) is 5. The van der Waals surface area contributed by atoms with Crippen molar-refractivity contribution >= 4 is 5.91 Å². The topological polar surface area (TPSA) is 99.8 Å². The van der Waals surface area contributed by atoms with Gasteiger partial charge in [0.15, 0.2) is 23.1 Å². The van der Waals surface area contributed by atoms with Gasteiger partial charge in [-0.15, -0.1) is 0 Å². The van der Waals surface area contributed by atoms with E-state index < -0.39 is 23.7 Å². The number of amides is 1. The largest absolute Gasteiger partial charge is 0.461 e. The van der Waals surface area contributed by atoms with E-state index in [-0.39, 0.29) is 23.0 Å². The lowest BCUT2D eigenvalue weighted by Gasteiger charge is -2.11. The molecule has 0 bridgehead atoms. The summed E-state index contributed by atoms with van der Waals surface area (Å²) in [7, 11) is 0. The lowest BCUT2D eigenvalue weighted by atomic mass is 10.1. The van der Waals surface area contributed by atoms with Gasteiger partial charge in [0, 0.05) is 11.8 Å². The van der Waals surface area contributed by atoms with Crippen molar-refractivity contribution in [3.63, 3.8) is 0 Å². The number of alkyl halides is 3. The lowest BCUT2D eigenvalue weighted by Crippen LogP contribution is -2.20. The van der Waals surface area contributed by atoms with E-state index in [1.54, 1.807) is 12.1 Å². The Bertz CT molecular complexity index is 947. The molecule has 0 aliphatic carbocycles. The van der Waals surface area contributed by atoms with Gasteiger partial charge in [-0.25, -0.2) is 14.6 Å². The molecule has 0 radical (unpaired) electrons. The molecule has 1 unspecified atom stereocenters. The number of carbonyl (C=O) groups is 1. The van der Waals surface area contributed by atoms with Crippen LogP contribution in [0.2, 0.25) is 0 Å². The van der Waals surface area contributed by atoms with Crippen LogP contribution >= 0.6 is 0 Å². The summed E-state index contributed by atoms with van der Waals surface area (Å²) in [5.74, 6) is -0.927. The molecule has 3 aromatic heterocycles. The molecule has 0 fully saturated rings. The molecule has 0 saturated carbocycles. The van der Waals surface area contributed by atoms with Crippen molar-refractivity contribution in [3.05, 3.63) is 47.6 Å². The Morgan fingerprint density at radius 3 is 2.58 bits per heavy atom. The van der Waals surface area contributed by atoms with Crippen LogP contribution in [0.4, 0.5) is 13.2 Å². The molecular weight excluding hydrogens is 351 g/mol. The van der Waals surface area contributed by atoms with E-state index in [0.717, 1.165) is 10.7 Å². The van der Waals surface area contributed by atoms with E-state index in [1.165, 1.54) is 26.2 Å². The molecule has 0 aliphatic rings. The van der Waals surface area contributed by atoms with Crippen LogP contribution in [0.15, 0.2) is 34.9 Å². The highest BCUT2D eigenvalue weighted by Gasteiger charge is 2.35. The standard InChI is InChI=1S/C16H14F3N5O2/c1-8-6-12(16(17,18)19)23-24(8)13-7-10(9(2)14(20)25)21-15(22-13)11-4-3-5-26-11/h3-7,9H,1-2H3,(H2,20,25). The van der Waals surface area contributed by atoms with Crippen LogP contribution in [0.25, 0.3) is 17.4 Å². The number of primary amides is 1. The van der Waals surface area contributed by atoms with Gasteiger partial charge in [-0.1, -0.05) is 0 Å². The molecule has 3 aromatic rings. The van der Waals surface area contributed by atoms with Crippen LogP contribution in [0.3, 0.4) is 0 Å². The van der Waals surface area contributed by atoms with Crippen molar-refractivity contribution in [2.24, 2.45) is 5.73 Å². The summed E-state index contributed by atoms with van der Waals surface area (Å²) in [5, 5.41) is 3.57. The number of halogens is 3. The summed E-state index contributed by atoms with van der Waals surface area (Å²) in [6.07, 6.45) is -3.18. The number of nitrogens with two attached hydrogens (primary N) is 1. The van der Waals surface area contributed by atoms with Crippen molar-refractivity contribution < 1.29 is 22.4 Å². The van der Waals surface area contributed by atoms with Gasteiger partial charge < -0.3 is 10.2 Å². The van der Waals surface area contributed by atoms with Crippen molar-refractivity contribution in [2.45, 2.75) is 25.9 Å². The lowest BCUT2D eigenvalue weighted by molar-refractivity contribution is -0.141. The molecule has 7 nitrogen and oxygen atoms in total. The Labute approximate surface area is 145 Å². The summed E-state index contributed by atoms with van der Waals surface area (Å²) in [6, 6.07) is 5.49. The number of aryl methyl sites for hydroxylation is 1. The van der Waals surface area contributed by atoms with E-state index in [2.05, 4.69) is 15.1 Å². The molecule has 0 saturated heterocycles. The van der Waals surface area contributed by atoms with Crippen molar-refractivity contribution in [1.82, 2.24) is 19.7 Å². The third-order valence-corrected chi connectivity index (χ3v) is 3.74. The molecule has 0 spiro atoms. The molecule has 3 heterocycles. The van der Waals surface area contributed by atoms with Crippen molar-refractivity contribution in [1.29, 1.82) is 0 Å². The quantitative estimate of drug-likeness (QED) is 0.766. The first-order chi connectivity index (χ1) is 12.2. The third-order valence-electron chi connectivity index (χ3n) is 3.74. The molecule has 1 atom stereocenters. The average Bonchev–Trinajstić information content (AvgIpc) is 3.22. The minimum Gasteiger partial charge on any atom is -0.461 e.